The van der Waals surface area contributed by atoms with Crippen molar-refractivity contribution in [3.05, 3.63) is 42.5 Å². The molecule has 0 fully saturated rings. The van der Waals surface area contributed by atoms with Crippen molar-refractivity contribution in [2.45, 2.75) is 5.03 Å². The molecule has 1 aromatic carbocycles. The molecule has 3 nitrogen and oxygen atoms in total. The summed E-state index contributed by atoms with van der Waals surface area (Å²) in [6.07, 6.45) is 1.50. The molecule has 0 aliphatic rings. The molecule has 3 rings (SSSR count). The van der Waals surface area contributed by atoms with Crippen molar-refractivity contribution in [1.29, 1.82) is 5.26 Å². The summed E-state index contributed by atoms with van der Waals surface area (Å²) in [6, 6.07) is 10.4. The lowest BCUT2D eigenvalue weighted by Crippen LogP contribution is -1.83. The molecule has 0 spiro atoms. The van der Waals surface area contributed by atoms with Gasteiger partial charge < -0.3 is 0 Å². The Hall–Kier alpha value is -1.97. The van der Waals surface area contributed by atoms with Crippen molar-refractivity contribution in [3.63, 3.8) is 0 Å². The zero-order valence-electron chi connectivity index (χ0n) is 10.2. The molecule has 0 atom stereocenters. The maximum absolute atomic E-state index is 13.0. The van der Waals surface area contributed by atoms with E-state index >= 15 is 0 Å². The van der Waals surface area contributed by atoms with E-state index in [1.54, 1.807) is 23.5 Å². The van der Waals surface area contributed by atoms with Crippen molar-refractivity contribution >= 4 is 33.3 Å². The number of nitriles is 1. The van der Waals surface area contributed by atoms with Crippen molar-refractivity contribution in [1.82, 2.24) is 9.97 Å². The molecule has 2 heterocycles. The van der Waals surface area contributed by atoms with Crippen LogP contribution >= 0.6 is 23.1 Å². The Balaban J connectivity index is 2.06. The van der Waals surface area contributed by atoms with Gasteiger partial charge in [-0.3, -0.25) is 0 Å². The second-order valence-electron chi connectivity index (χ2n) is 3.96. The number of aromatic nitrogens is 2. The van der Waals surface area contributed by atoms with Crippen molar-refractivity contribution in [2.75, 3.05) is 5.75 Å². The van der Waals surface area contributed by atoms with Gasteiger partial charge in [0.2, 0.25) is 0 Å². The lowest BCUT2D eigenvalue weighted by Gasteiger charge is -1.96. The molecular formula is C14H8FN3S2. The van der Waals surface area contributed by atoms with E-state index in [0.29, 0.717) is 5.75 Å². The summed E-state index contributed by atoms with van der Waals surface area (Å²) < 4.78 is 13.9. The molecule has 6 heteroatoms. The molecule has 0 N–H and O–H groups in total. The van der Waals surface area contributed by atoms with E-state index in [1.807, 2.05) is 6.07 Å². The maximum Gasteiger partial charge on any atom is 0.123 e. The minimum atomic E-state index is -0.250. The van der Waals surface area contributed by atoms with Gasteiger partial charge >= 0.3 is 0 Å². The Kier molecular flexibility index (Phi) is 3.63. The Morgan fingerprint density at radius 1 is 1.25 bits per heavy atom. The highest BCUT2D eigenvalue weighted by atomic mass is 32.2. The van der Waals surface area contributed by atoms with E-state index in [1.165, 1.54) is 30.2 Å². The number of rotatable bonds is 3. The first-order valence-electron chi connectivity index (χ1n) is 5.78. The molecule has 0 bridgehead atoms. The molecule has 0 amide bonds. The van der Waals surface area contributed by atoms with Crippen LogP contribution < -0.4 is 0 Å². The predicted molar refractivity (Wildman–Crippen MR) is 79.1 cm³/mol. The first-order chi connectivity index (χ1) is 9.78. The van der Waals surface area contributed by atoms with E-state index in [0.717, 1.165) is 25.7 Å². The smallest absolute Gasteiger partial charge is 0.123 e. The minimum absolute atomic E-state index is 0.250. The molecule has 98 valence electrons. The highest BCUT2D eigenvalue weighted by Crippen LogP contribution is 2.36. The number of hydrogen-bond donors (Lipinski definition) is 0. The van der Waals surface area contributed by atoms with Gasteiger partial charge in [0, 0.05) is 4.88 Å². The zero-order chi connectivity index (χ0) is 13.9. The summed E-state index contributed by atoms with van der Waals surface area (Å²) in [5, 5.41) is 9.48. The van der Waals surface area contributed by atoms with E-state index < -0.39 is 0 Å². The van der Waals surface area contributed by atoms with Gasteiger partial charge in [0.15, 0.2) is 0 Å². The van der Waals surface area contributed by atoms with E-state index in [2.05, 4.69) is 16.0 Å². The van der Waals surface area contributed by atoms with Gasteiger partial charge in [0.05, 0.1) is 22.0 Å². The highest BCUT2D eigenvalue weighted by Gasteiger charge is 2.10. The molecule has 0 saturated carbocycles. The number of thioether (sulfide) groups is 1. The fourth-order valence-electron chi connectivity index (χ4n) is 1.79. The van der Waals surface area contributed by atoms with E-state index in [4.69, 9.17) is 5.26 Å². The van der Waals surface area contributed by atoms with Crippen LogP contribution in [0.2, 0.25) is 0 Å². The zero-order valence-corrected chi connectivity index (χ0v) is 11.8. The number of benzene rings is 1. The minimum Gasteiger partial charge on any atom is -0.235 e. The van der Waals surface area contributed by atoms with Gasteiger partial charge in [-0.1, -0.05) is 23.9 Å². The van der Waals surface area contributed by atoms with Crippen LogP contribution in [0.3, 0.4) is 0 Å². The van der Waals surface area contributed by atoms with E-state index in [-0.39, 0.29) is 5.82 Å². The van der Waals surface area contributed by atoms with Crippen LogP contribution in [0, 0.1) is 17.1 Å². The lowest BCUT2D eigenvalue weighted by molar-refractivity contribution is 0.628. The molecule has 3 aromatic rings. The molecule has 0 saturated heterocycles. The predicted octanol–water partition coefficient (Wildman–Crippen LogP) is 4.11. The topological polar surface area (TPSA) is 49.6 Å². The quantitative estimate of drug-likeness (QED) is 0.539. The fraction of sp³-hybridized carbons (Fsp3) is 0.0714. The number of nitrogens with zero attached hydrogens (tertiary/aromatic N) is 3. The average molecular weight is 301 g/mol. The highest BCUT2D eigenvalue weighted by molar-refractivity contribution is 7.99. The molecular weight excluding hydrogens is 293 g/mol. The number of fused-ring (bicyclic) bond motifs is 1. The van der Waals surface area contributed by atoms with Crippen LogP contribution in [-0.4, -0.2) is 15.7 Å². The van der Waals surface area contributed by atoms with Crippen molar-refractivity contribution in [3.8, 4) is 16.5 Å². The summed E-state index contributed by atoms with van der Waals surface area (Å²) in [6.45, 7) is 0. The van der Waals surface area contributed by atoms with Gasteiger partial charge in [0.1, 0.15) is 17.2 Å². The third kappa shape index (κ3) is 2.50. The average Bonchev–Trinajstić information content (AvgIpc) is 2.90. The Bertz CT molecular complexity index is 790. The van der Waals surface area contributed by atoms with Crippen LogP contribution in [0.5, 0.6) is 0 Å². The van der Waals surface area contributed by atoms with Crippen LogP contribution in [0.1, 0.15) is 0 Å². The molecule has 0 unspecified atom stereocenters. The van der Waals surface area contributed by atoms with E-state index in [9.17, 15) is 4.39 Å². The second-order valence-corrected chi connectivity index (χ2v) is 5.97. The van der Waals surface area contributed by atoms with Gasteiger partial charge in [-0.25, -0.2) is 14.4 Å². The first-order valence-corrected chi connectivity index (χ1v) is 7.58. The molecule has 2 aromatic heterocycles. The Morgan fingerprint density at radius 2 is 2.05 bits per heavy atom. The Labute approximate surface area is 123 Å². The number of hydrogen-bond acceptors (Lipinski definition) is 5. The summed E-state index contributed by atoms with van der Waals surface area (Å²) in [7, 11) is 0. The molecule has 0 radical (unpaired) electrons. The van der Waals surface area contributed by atoms with Crippen LogP contribution in [0.25, 0.3) is 20.7 Å². The normalized spacial score (nSPS) is 10.6. The van der Waals surface area contributed by atoms with Gasteiger partial charge in [-0.05, 0) is 23.8 Å². The standard InChI is InChI=1S/C14H8FN3S2/c15-10-3-1-9(2-4-10)12-7-11-13(20-12)14(18-8-17-11)19-6-5-16/h1-4,7-8H,6H2. The van der Waals surface area contributed by atoms with Gasteiger partial charge in [0.25, 0.3) is 0 Å². The SMILES string of the molecule is N#CCSc1ncnc2cc(-c3ccc(F)cc3)sc12. The van der Waals surface area contributed by atoms with Crippen LogP contribution in [0.15, 0.2) is 41.7 Å². The summed E-state index contributed by atoms with van der Waals surface area (Å²) in [4.78, 5) is 9.47. The van der Waals surface area contributed by atoms with Gasteiger partial charge in [-0.2, -0.15) is 5.26 Å². The summed E-state index contributed by atoms with van der Waals surface area (Å²) in [5.74, 6) is 0.107. The number of halogens is 1. The lowest BCUT2D eigenvalue weighted by atomic mass is 10.2. The fourth-order valence-corrected chi connectivity index (χ4v) is 3.65. The third-order valence-corrected chi connectivity index (χ3v) is 4.85. The molecule has 20 heavy (non-hydrogen) atoms. The summed E-state index contributed by atoms with van der Waals surface area (Å²) in [5.41, 5.74) is 1.80. The third-order valence-electron chi connectivity index (χ3n) is 2.68. The second kappa shape index (κ2) is 5.57. The largest absolute Gasteiger partial charge is 0.235 e. The van der Waals surface area contributed by atoms with Crippen molar-refractivity contribution < 1.29 is 4.39 Å². The molecule has 0 aliphatic carbocycles. The first kappa shape index (κ1) is 13.0. The summed E-state index contributed by atoms with van der Waals surface area (Å²) >= 11 is 2.95. The van der Waals surface area contributed by atoms with Crippen molar-refractivity contribution in [2.24, 2.45) is 0 Å². The van der Waals surface area contributed by atoms with Crippen LogP contribution in [-0.2, 0) is 0 Å². The van der Waals surface area contributed by atoms with Gasteiger partial charge in [-0.15, -0.1) is 11.3 Å². The Morgan fingerprint density at radius 3 is 2.80 bits per heavy atom. The maximum atomic E-state index is 13.0. The number of thiophene rings is 1. The molecule has 0 aliphatic heterocycles. The van der Waals surface area contributed by atoms with Crippen LogP contribution in [0.4, 0.5) is 4.39 Å². The monoisotopic (exact) mass is 301 g/mol.